The molecule has 1 aromatic rings. The number of benzene rings is 1. The predicted octanol–water partition coefficient (Wildman–Crippen LogP) is 4.49. The van der Waals surface area contributed by atoms with Crippen LogP contribution >= 0.6 is 0 Å². The van der Waals surface area contributed by atoms with Gasteiger partial charge >= 0.3 is 0 Å². The summed E-state index contributed by atoms with van der Waals surface area (Å²) in [6.07, 6.45) is 6.81. The van der Waals surface area contributed by atoms with Gasteiger partial charge in [-0.3, -0.25) is 4.55 Å². The smallest absolute Gasteiger partial charge is 0.282 e. The highest BCUT2D eigenvalue weighted by Crippen LogP contribution is 2.43. The molecular formula is C16H24O3S. The summed E-state index contributed by atoms with van der Waals surface area (Å²) in [5.41, 5.74) is 2.43. The van der Waals surface area contributed by atoms with Crippen LogP contribution in [0.15, 0.2) is 23.1 Å². The van der Waals surface area contributed by atoms with E-state index in [0.717, 1.165) is 37.7 Å². The number of rotatable bonds is 5. The van der Waals surface area contributed by atoms with Gasteiger partial charge in [-0.25, -0.2) is 0 Å². The van der Waals surface area contributed by atoms with Gasteiger partial charge in [-0.2, -0.15) is 8.42 Å². The van der Waals surface area contributed by atoms with Gasteiger partial charge in [-0.1, -0.05) is 32.8 Å². The summed E-state index contributed by atoms with van der Waals surface area (Å²) in [7, 11) is -4.10. The minimum atomic E-state index is -4.10. The van der Waals surface area contributed by atoms with Crippen molar-refractivity contribution in [2.45, 2.75) is 69.1 Å². The molecule has 2 unspecified atom stereocenters. The summed E-state index contributed by atoms with van der Waals surface area (Å²) in [5, 5.41) is 0. The van der Waals surface area contributed by atoms with E-state index in [2.05, 4.69) is 13.8 Å². The maximum atomic E-state index is 11.3. The molecule has 2 atom stereocenters. The molecule has 0 fully saturated rings. The van der Waals surface area contributed by atoms with Gasteiger partial charge in [-0.15, -0.1) is 0 Å². The maximum absolute atomic E-state index is 11.3. The van der Waals surface area contributed by atoms with Crippen LogP contribution in [0.2, 0.25) is 0 Å². The first-order chi connectivity index (χ1) is 9.47. The van der Waals surface area contributed by atoms with Gasteiger partial charge in [-0.05, 0) is 60.8 Å². The van der Waals surface area contributed by atoms with Crippen molar-refractivity contribution in [2.24, 2.45) is 0 Å². The number of hydrogen-bond donors (Lipinski definition) is 1. The Hall–Kier alpha value is -0.870. The van der Waals surface area contributed by atoms with Crippen LogP contribution in [0.3, 0.4) is 0 Å². The zero-order chi connectivity index (χ0) is 14.8. The van der Waals surface area contributed by atoms with Crippen molar-refractivity contribution in [3.05, 3.63) is 29.3 Å². The third kappa shape index (κ3) is 3.23. The quantitative estimate of drug-likeness (QED) is 0.814. The fraction of sp³-hybridized carbons (Fsp3) is 0.625. The Balaban J connectivity index is 2.42. The van der Waals surface area contributed by atoms with Crippen LogP contribution in [0.1, 0.15) is 75.3 Å². The summed E-state index contributed by atoms with van der Waals surface area (Å²) in [4.78, 5) is 0.0366. The fourth-order valence-corrected chi connectivity index (χ4v) is 3.84. The Labute approximate surface area is 122 Å². The summed E-state index contributed by atoms with van der Waals surface area (Å²) in [5.74, 6) is 0.966. The molecule has 0 amide bonds. The number of fused-ring (bicyclic) bond motifs is 1. The molecule has 0 aromatic heterocycles. The van der Waals surface area contributed by atoms with Gasteiger partial charge in [0.2, 0.25) is 0 Å². The maximum Gasteiger partial charge on any atom is 0.294 e. The second-order valence-electron chi connectivity index (χ2n) is 5.79. The van der Waals surface area contributed by atoms with Crippen LogP contribution in [0.4, 0.5) is 0 Å². The van der Waals surface area contributed by atoms with Gasteiger partial charge in [0, 0.05) is 0 Å². The molecule has 1 N–H and O–H groups in total. The molecule has 0 spiro atoms. The lowest BCUT2D eigenvalue weighted by Crippen LogP contribution is -2.15. The van der Waals surface area contributed by atoms with E-state index < -0.39 is 10.1 Å². The molecule has 1 aliphatic rings. The molecule has 112 valence electrons. The average Bonchev–Trinajstić information content (AvgIpc) is 2.43. The Bertz CT molecular complexity index is 563. The van der Waals surface area contributed by atoms with E-state index in [-0.39, 0.29) is 4.90 Å². The van der Waals surface area contributed by atoms with Crippen molar-refractivity contribution in [3.8, 4) is 0 Å². The van der Waals surface area contributed by atoms with Gasteiger partial charge in [0.25, 0.3) is 10.1 Å². The minimum absolute atomic E-state index is 0.0366. The van der Waals surface area contributed by atoms with E-state index >= 15 is 0 Å². The van der Waals surface area contributed by atoms with E-state index in [9.17, 15) is 13.0 Å². The molecule has 0 heterocycles. The van der Waals surface area contributed by atoms with Crippen molar-refractivity contribution in [3.63, 3.8) is 0 Å². The third-order valence-electron chi connectivity index (χ3n) is 4.50. The molecule has 1 aliphatic carbocycles. The van der Waals surface area contributed by atoms with E-state index in [1.807, 2.05) is 6.07 Å². The predicted molar refractivity (Wildman–Crippen MR) is 80.8 cm³/mol. The first-order valence-corrected chi connectivity index (χ1v) is 9.02. The van der Waals surface area contributed by atoms with Gasteiger partial charge in [0.15, 0.2) is 0 Å². The van der Waals surface area contributed by atoms with Gasteiger partial charge in [0.05, 0.1) is 4.90 Å². The molecule has 0 saturated heterocycles. The third-order valence-corrected chi connectivity index (χ3v) is 5.35. The van der Waals surface area contributed by atoms with Gasteiger partial charge in [0.1, 0.15) is 0 Å². The Morgan fingerprint density at radius 1 is 1.15 bits per heavy atom. The second kappa shape index (κ2) is 6.27. The zero-order valence-electron chi connectivity index (χ0n) is 12.3. The van der Waals surface area contributed by atoms with Crippen LogP contribution < -0.4 is 0 Å². The number of unbranched alkanes of at least 4 members (excludes halogenated alkanes) is 1. The van der Waals surface area contributed by atoms with E-state index in [0.29, 0.717) is 11.8 Å². The van der Waals surface area contributed by atoms with Crippen molar-refractivity contribution >= 4 is 10.1 Å². The molecule has 0 radical (unpaired) electrons. The molecule has 4 heteroatoms. The first-order valence-electron chi connectivity index (χ1n) is 7.58. The van der Waals surface area contributed by atoms with Crippen LogP contribution in [0.25, 0.3) is 0 Å². The lowest BCUT2D eigenvalue weighted by Gasteiger charge is -2.31. The summed E-state index contributed by atoms with van der Waals surface area (Å²) in [6, 6.07) is 5.15. The lowest BCUT2D eigenvalue weighted by molar-refractivity contribution is 0.444. The largest absolute Gasteiger partial charge is 0.294 e. The normalized spacial score (nSPS) is 22.6. The SMILES string of the molecule is CCCCC1CCC(CC)c2ccc(S(=O)(=O)O)cc21. The summed E-state index contributed by atoms with van der Waals surface area (Å²) in [6.45, 7) is 4.35. The van der Waals surface area contributed by atoms with E-state index in [4.69, 9.17) is 0 Å². The Morgan fingerprint density at radius 2 is 1.85 bits per heavy atom. The molecule has 0 aliphatic heterocycles. The highest BCUT2D eigenvalue weighted by atomic mass is 32.2. The van der Waals surface area contributed by atoms with Crippen LogP contribution in [-0.2, 0) is 10.1 Å². The molecule has 1 aromatic carbocycles. The monoisotopic (exact) mass is 296 g/mol. The van der Waals surface area contributed by atoms with Crippen molar-refractivity contribution in [1.29, 1.82) is 0 Å². The molecule has 20 heavy (non-hydrogen) atoms. The van der Waals surface area contributed by atoms with Crippen molar-refractivity contribution < 1.29 is 13.0 Å². The first kappa shape index (κ1) is 15.5. The highest BCUT2D eigenvalue weighted by Gasteiger charge is 2.27. The van der Waals surface area contributed by atoms with Crippen LogP contribution in [0, 0.1) is 0 Å². The van der Waals surface area contributed by atoms with Crippen molar-refractivity contribution in [1.82, 2.24) is 0 Å². The van der Waals surface area contributed by atoms with Crippen LogP contribution in [-0.4, -0.2) is 13.0 Å². The van der Waals surface area contributed by atoms with Crippen molar-refractivity contribution in [2.75, 3.05) is 0 Å². The Morgan fingerprint density at radius 3 is 2.45 bits per heavy atom. The summed E-state index contributed by atoms with van der Waals surface area (Å²) < 4.78 is 31.9. The summed E-state index contributed by atoms with van der Waals surface area (Å²) >= 11 is 0. The molecular weight excluding hydrogens is 272 g/mol. The molecule has 2 rings (SSSR count). The minimum Gasteiger partial charge on any atom is -0.282 e. The average molecular weight is 296 g/mol. The highest BCUT2D eigenvalue weighted by molar-refractivity contribution is 7.85. The topological polar surface area (TPSA) is 54.4 Å². The fourth-order valence-electron chi connectivity index (χ4n) is 3.33. The Kier molecular flexibility index (Phi) is 4.86. The van der Waals surface area contributed by atoms with Gasteiger partial charge < -0.3 is 0 Å². The van der Waals surface area contributed by atoms with E-state index in [1.165, 1.54) is 12.0 Å². The lowest BCUT2D eigenvalue weighted by atomic mass is 9.74. The van der Waals surface area contributed by atoms with E-state index in [1.54, 1.807) is 12.1 Å². The molecule has 3 nitrogen and oxygen atoms in total. The number of hydrogen-bond acceptors (Lipinski definition) is 2. The zero-order valence-corrected chi connectivity index (χ0v) is 13.1. The molecule has 0 bridgehead atoms. The molecule has 0 saturated carbocycles. The second-order valence-corrected chi connectivity index (χ2v) is 7.21. The van der Waals surface area contributed by atoms with Crippen LogP contribution in [0.5, 0.6) is 0 Å². The standard InChI is InChI=1S/C16H24O3S/c1-3-5-6-13-8-7-12(4-2)15-10-9-14(11-16(13)15)20(17,18)19/h9-13H,3-8H2,1-2H3,(H,17,18,19).